The van der Waals surface area contributed by atoms with Gasteiger partial charge in [0.05, 0.1) is 6.07 Å². The van der Waals surface area contributed by atoms with Crippen LogP contribution in [0.15, 0.2) is 36.4 Å². The molecule has 0 amide bonds. The van der Waals surface area contributed by atoms with Gasteiger partial charge in [-0.05, 0) is 68.1 Å². The molecule has 0 spiro atoms. The van der Waals surface area contributed by atoms with Crippen molar-refractivity contribution in [2.75, 3.05) is 0 Å². The van der Waals surface area contributed by atoms with Gasteiger partial charge in [-0.15, -0.1) is 13.2 Å². The molecule has 5 heteroatoms. The second-order valence-corrected chi connectivity index (χ2v) is 5.94. The van der Waals surface area contributed by atoms with Crippen molar-refractivity contribution in [2.24, 2.45) is 5.92 Å². The van der Waals surface area contributed by atoms with Crippen LogP contribution in [0.25, 0.3) is 0 Å². The minimum atomic E-state index is -4.64. The summed E-state index contributed by atoms with van der Waals surface area (Å²) in [6, 6.07) is 8.25. The Morgan fingerprint density at radius 2 is 1.78 bits per heavy atom. The molecule has 1 fully saturated rings. The van der Waals surface area contributed by atoms with Crippen molar-refractivity contribution in [1.29, 1.82) is 5.26 Å². The number of hydrogen-bond acceptors (Lipinski definition) is 2. The van der Waals surface area contributed by atoms with Crippen LogP contribution >= 0.6 is 0 Å². The van der Waals surface area contributed by atoms with Crippen LogP contribution in [-0.4, -0.2) is 6.36 Å². The maximum Gasteiger partial charge on any atom is 0.573 e. The molecule has 1 aliphatic rings. The minimum absolute atomic E-state index is 0.167. The normalized spacial score (nSPS) is 22.0. The number of halogens is 3. The van der Waals surface area contributed by atoms with Gasteiger partial charge in [0.25, 0.3) is 0 Å². The van der Waals surface area contributed by atoms with Gasteiger partial charge in [-0.2, -0.15) is 5.26 Å². The zero-order chi connectivity index (χ0) is 16.7. The molecular formula is C18H20F3NO. The van der Waals surface area contributed by atoms with Gasteiger partial charge in [0.2, 0.25) is 0 Å². The molecule has 1 aromatic rings. The van der Waals surface area contributed by atoms with Crippen LogP contribution in [0, 0.1) is 17.2 Å². The first-order chi connectivity index (χ1) is 11.0. The van der Waals surface area contributed by atoms with E-state index in [4.69, 9.17) is 5.26 Å². The summed E-state index contributed by atoms with van der Waals surface area (Å²) in [7, 11) is 0. The van der Waals surface area contributed by atoms with E-state index in [0.29, 0.717) is 11.8 Å². The van der Waals surface area contributed by atoms with Crippen LogP contribution < -0.4 is 4.74 Å². The quantitative estimate of drug-likeness (QED) is 0.649. The van der Waals surface area contributed by atoms with Crippen LogP contribution in [0.4, 0.5) is 13.2 Å². The molecule has 0 atom stereocenters. The molecule has 0 bridgehead atoms. The van der Waals surface area contributed by atoms with E-state index < -0.39 is 6.36 Å². The second kappa shape index (κ2) is 8.05. The van der Waals surface area contributed by atoms with E-state index in [0.717, 1.165) is 44.1 Å². The lowest BCUT2D eigenvalue weighted by Gasteiger charge is -2.28. The molecule has 0 aromatic heterocycles. The van der Waals surface area contributed by atoms with Crippen molar-refractivity contribution in [3.05, 3.63) is 42.0 Å². The molecule has 2 nitrogen and oxygen atoms in total. The van der Waals surface area contributed by atoms with Crippen molar-refractivity contribution in [3.63, 3.8) is 0 Å². The van der Waals surface area contributed by atoms with Crippen LogP contribution in [0.2, 0.25) is 0 Å². The molecule has 124 valence electrons. The molecule has 0 heterocycles. The lowest BCUT2D eigenvalue weighted by molar-refractivity contribution is -0.274. The molecule has 1 aliphatic carbocycles. The third-order valence-electron chi connectivity index (χ3n) is 4.37. The van der Waals surface area contributed by atoms with Gasteiger partial charge in [-0.25, -0.2) is 0 Å². The Morgan fingerprint density at radius 3 is 2.35 bits per heavy atom. The highest BCUT2D eigenvalue weighted by molar-refractivity contribution is 5.29. The molecule has 23 heavy (non-hydrogen) atoms. The molecule has 0 unspecified atom stereocenters. The van der Waals surface area contributed by atoms with Crippen molar-refractivity contribution in [3.8, 4) is 11.8 Å². The van der Waals surface area contributed by atoms with Gasteiger partial charge in [0.15, 0.2) is 0 Å². The molecule has 0 radical (unpaired) electrons. The number of allylic oxidation sites excluding steroid dienone is 2. The van der Waals surface area contributed by atoms with Crippen LogP contribution in [-0.2, 0) is 0 Å². The number of nitrogens with zero attached hydrogens (tertiary/aromatic N) is 1. The summed E-state index contributed by atoms with van der Waals surface area (Å²) in [5.74, 6) is 0.933. The monoisotopic (exact) mass is 323 g/mol. The van der Waals surface area contributed by atoms with Crippen molar-refractivity contribution in [1.82, 2.24) is 0 Å². The standard InChI is InChI=1S/C18H20F3NO/c19-18(20,21)23-17-11-9-16(10-12-17)15-7-5-14(6-8-15)4-2-1-3-13-22/h1,3,9-12,14-15H,2,4-8H2. The summed E-state index contributed by atoms with van der Waals surface area (Å²) in [6.07, 6.45) is 5.22. The average Bonchev–Trinajstić information content (AvgIpc) is 2.52. The van der Waals surface area contributed by atoms with E-state index in [-0.39, 0.29) is 5.75 Å². The summed E-state index contributed by atoms with van der Waals surface area (Å²) < 4.78 is 40.3. The van der Waals surface area contributed by atoms with Gasteiger partial charge in [0.1, 0.15) is 5.75 Å². The first kappa shape index (κ1) is 17.4. The lowest BCUT2D eigenvalue weighted by atomic mass is 9.77. The van der Waals surface area contributed by atoms with Gasteiger partial charge < -0.3 is 4.74 Å². The summed E-state index contributed by atoms with van der Waals surface area (Å²) in [4.78, 5) is 0. The maximum atomic E-state index is 12.1. The Hall–Kier alpha value is -1.96. The zero-order valence-electron chi connectivity index (χ0n) is 12.9. The first-order valence-corrected chi connectivity index (χ1v) is 7.88. The predicted octanol–water partition coefficient (Wildman–Crippen LogP) is 5.72. The highest BCUT2D eigenvalue weighted by Gasteiger charge is 2.31. The third-order valence-corrected chi connectivity index (χ3v) is 4.37. The van der Waals surface area contributed by atoms with Crippen molar-refractivity contribution in [2.45, 2.75) is 50.8 Å². The van der Waals surface area contributed by atoms with Gasteiger partial charge in [0, 0.05) is 6.08 Å². The van der Waals surface area contributed by atoms with E-state index in [9.17, 15) is 13.2 Å². The maximum absolute atomic E-state index is 12.1. The number of benzene rings is 1. The van der Waals surface area contributed by atoms with Crippen molar-refractivity contribution >= 4 is 0 Å². The molecule has 0 aliphatic heterocycles. The summed E-state index contributed by atoms with van der Waals surface area (Å²) in [5, 5.41) is 8.44. The lowest BCUT2D eigenvalue weighted by Crippen LogP contribution is -2.17. The van der Waals surface area contributed by atoms with E-state index in [1.165, 1.54) is 18.2 Å². The largest absolute Gasteiger partial charge is 0.573 e. The number of hydrogen-bond donors (Lipinski definition) is 0. The fourth-order valence-corrected chi connectivity index (χ4v) is 3.19. The fourth-order valence-electron chi connectivity index (χ4n) is 3.19. The number of rotatable bonds is 5. The predicted molar refractivity (Wildman–Crippen MR) is 81.8 cm³/mol. The highest BCUT2D eigenvalue weighted by atomic mass is 19.4. The number of nitriles is 1. The van der Waals surface area contributed by atoms with E-state index in [1.807, 2.05) is 12.1 Å². The second-order valence-electron chi connectivity index (χ2n) is 5.94. The molecule has 2 rings (SSSR count). The van der Waals surface area contributed by atoms with E-state index in [1.54, 1.807) is 12.1 Å². The first-order valence-electron chi connectivity index (χ1n) is 7.88. The van der Waals surface area contributed by atoms with Crippen LogP contribution in [0.5, 0.6) is 5.75 Å². The Morgan fingerprint density at radius 1 is 1.13 bits per heavy atom. The van der Waals surface area contributed by atoms with E-state index >= 15 is 0 Å². The topological polar surface area (TPSA) is 33.0 Å². The van der Waals surface area contributed by atoms with Gasteiger partial charge >= 0.3 is 6.36 Å². The summed E-state index contributed by atoms with van der Waals surface area (Å²) in [5.41, 5.74) is 1.09. The zero-order valence-corrected chi connectivity index (χ0v) is 12.9. The molecule has 0 N–H and O–H groups in total. The molecule has 1 aromatic carbocycles. The third kappa shape index (κ3) is 5.97. The fraction of sp³-hybridized carbons (Fsp3) is 0.500. The minimum Gasteiger partial charge on any atom is -0.406 e. The Labute approximate surface area is 134 Å². The summed E-state index contributed by atoms with van der Waals surface area (Å²) in [6.45, 7) is 0. The molecule has 1 saturated carbocycles. The Kier molecular flexibility index (Phi) is 6.09. The smallest absolute Gasteiger partial charge is 0.406 e. The molecule has 0 saturated heterocycles. The average molecular weight is 323 g/mol. The highest BCUT2D eigenvalue weighted by Crippen LogP contribution is 2.38. The van der Waals surface area contributed by atoms with Crippen molar-refractivity contribution < 1.29 is 17.9 Å². The number of ether oxygens (including phenoxy) is 1. The summed E-state index contributed by atoms with van der Waals surface area (Å²) >= 11 is 0. The molecular weight excluding hydrogens is 303 g/mol. The van der Waals surface area contributed by atoms with Crippen LogP contribution in [0.3, 0.4) is 0 Å². The number of alkyl halides is 3. The Balaban J connectivity index is 1.81. The van der Waals surface area contributed by atoms with E-state index in [2.05, 4.69) is 4.74 Å². The Bertz CT molecular complexity index is 549. The van der Waals surface area contributed by atoms with Gasteiger partial charge in [-0.1, -0.05) is 18.2 Å². The van der Waals surface area contributed by atoms with Crippen LogP contribution in [0.1, 0.15) is 50.0 Å². The van der Waals surface area contributed by atoms with Gasteiger partial charge in [-0.3, -0.25) is 0 Å². The SMILES string of the molecule is N#CC=CCCC1CCC(c2ccc(OC(F)(F)F)cc2)CC1.